The van der Waals surface area contributed by atoms with E-state index in [0.717, 1.165) is 5.69 Å². The summed E-state index contributed by atoms with van der Waals surface area (Å²) in [6.07, 6.45) is 1.73. The summed E-state index contributed by atoms with van der Waals surface area (Å²) in [5.74, 6) is 0.440. The molecule has 0 radical (unpaired) electrons. The van der Waals surface area contributed by atoms with Gasteiger partial charge in [-0.15, -0.1) is 0 Å². The molecule has 0 spiro atoms. The fraction of sp³-hybridized carbons (Fsp3) is 0. The molecule has 0 unspecified atom stereocenters. The molecule has 0 fully saturated rings. The Morgan fingerprint density at radius 2 is 2.20 bits per heavy atom. The van der Waals surface area contributed by atoms with Gasteiger partial charge in [0.1, 0.15) is 11.9 Å². The summed E-state index contributed by atoms with van der Waals surface area (Å²) in [7, 11) is 0. The van der Waals surface area contributed by atoms with Crippen LogP contribution in [0, 0.1) is 11.3 Å². The Hall–Kier alpha value is -1.99. The molecule has 1 aromatic heterocycles. The summed E-state index contributed by atoms with van der Waals surface area (Å²) in [4.78, 5) is 0. The van der Waals surface area contributed by atoms with Crippen LogP contribution in [0.5, 0.6) is 0 Å². The highest BCUT2D eigenvalue weighted by Crippen LogP contribution is 2.19. The molecule has 0 aliphatic heterocycles. The number of rotatable bonds is 1. The van der Waals surface area contributed by atoms with Gasteiger partial charge in [0.05, 0.1) is 16.3 Å². The van der Waals surface area contributed by atoms with E-state index in [1.807, 2.05) is 6.07 Å². The van der Waals surface area contributed by atoms with Crippen LogP contribution >= 0.6 is 11.6 Å². The summed E-state index contributed by atoms with van der Waals surface area (Å²) in [5.41, 5.74) is 6.71. The molecular formula is C10H7ClN4. The van der Waals surface area contributed by atoms with Crippen LogP contribution in [0.25, 0.3) is 5.69 Å². The zero-order valence-electron chi connectivity index (χ0n) is 7.68. The van der Waals surface area contributed by atoms with Crippen molar-refractivity contribution in [3.63, 3.8) is 0 Å². The number of benzene rings is 1. The lowest BCUT2D eigenvalue weighted by Crippen LogP contribution is -1.96. The van der Waals surface area contributed by atoms with Crippen molar-refractivity contribution in [2.75, 3.05) is 5.73 Å². The number of halogens is 1. The van der Waals surface area contributed by atoms with Gasteiger partial charge in [0, 0.05) is 12.3 Å². The van der Waals surface area contributed by atoms with Crippen LogP contribution in [-0.2, 0) is 0 Å². The maximum atomic E-state index is 8.71. The van der Waals surface area contributed by atoms with E-state index >= 15 is 0 Å². The molecule has 2 aromatic rings. The third-order valence-electron chi connectivity index (χ3n) is 1.95. The molecule has 0 bridgehead atoms. The molecule has 4 nitrogen and oxygen atoms in total. The van der Waals surface area contributed by atoms with Gasteiger partial charge in [-0.25, -0.2) is 4.68 Å². The first kappa shape index (κ1) is 9.56. The van der Waals surface area contributed by atoms with E-state index in [-0.39, 0.29) is 0 Å². The van der Waals surface area contributed by atoms with Crippen LogP contribution < -0.4 is 5.73 Å². The molecule has 0 atom stereocenters. The molecule has 2 N–H and O–H groups in total. The van der Waals surface area contributed by atoms with E-state index in [0.29, 0.717) is 16.4 Å². The van der Waals surface area contributed by atoms with Crippen LogP contribution in [0.3, 0.4) is 0 Å². The zero-order chi connectivity index (χ0) is 10.8. The Balaban J connectivity index is 2.48. The van der Waals surface area contributed by atoms with Crippen molar-refractivity contribution in [3.8, 4) is 11.8 Å². The number of nitrogens with zero attached hydrogens (tertiary/aromatic N) is 3. The summed E-state index contributed by atoms with van der Waals surface area (Å²) >= 11 is 5.89. The summed E-state index contributed by atoms with van der Waals surface area (Å²) in [5, 5.41) is 13.1. The highest BCUT2D eigenvalue weighted by molar-refractivity contribution is 6.31. The number of hydrogen-bond acceptors (Lipinski definition) is 3. The lowest BCUT2D eigenvalue weighted by Gasteiger charge is -2.02. The molecule has 2 rings (SSSR count). The van der Waals surface area contributed by atoms with Crippen molar-refractivity contribution in [2.45, 2.75) is 0 Å². The van der Waals surface area contributed by atoms with Gasteiger partial charge in [-0.3, -0.25) is 0 Å². The summed E-state index contributed by atoms with van der Waals surface area (Å²) in [6, 6.07) is 8.76. The standard InChI is InChI=1S/C10H7ClN4/c11-9-5-8(2-1-7(9)6-12)15-4-3-10(13)14-15/h1-5H,(H2,13,14). The molecule has 0 amide bonds. The van der Waals surface area contributed by atoms with E-state index in [1.54, 1.807) is 35.1 Å². The van der Waals surface area contributed by atoms with Gasteiger partial charge in [-0.2, -0.15) is 10.4 Å². The molecule has 0 aliphatic rings. The van der Waals surface area contributed by atoms with Crippen molar-refractivity contribution >= 4 is 17.4 Å². The molecule has 15 heavy (non-hydrogen) atoms. The Bertz CT molecular complexity index is 539. The molecule has 1 heterocycles. The number of nitriles is 1. The van der Waals surface area contributed by atoms with Gasteiger partial charge in [0.15, 0.2) is 0 Å². The van der Waals surface area contributed by atoms with Gasteiger partial charge in [-0.05, 0) is 18.2 Å². The number of nitrogen functional groups attached to an aromatic ring is 1. The quantitative estimate of drug-likeness (QED) is 0.796. The second-order valence-electron chi connectivity index (χ2n) is 2.96. The van der Waals surface area contributed by atoms with Crippen molar-refractivity contribution in [1.29, 1.82) is 5.26 Å². The number of nitrogens with two attached hydrogens (primary N) is 1. The predicted molar refractivity (Wildman–Crippen MR) is 57.7 cm³/mol. The second-order valence-corrected chi connectivity index (χ2v) is 3.37. The first-order valence-electron chi connectivity index (χ1n) is 4.22. The summed E-state index contributed by atoms with van der Waals surface area (Å²) in [6.45, 7) is 0. The Morgan fingerprint density at radius 3 is 2.73 bits per heavy atom. The van der Waals surface area contributed by atoms with Crippen molar-refractivity contribution in [2.24, 2.45) is 0 Å². The maximum absolute atomic E-state index is 8.71. The van der Waals surface area contributed by atoms with Crippen molar-refractivity contribution in [3.05, 3.63) is 41.0 Å². The molecule has 0 aliphatic carbocycles. The van der Waals surface area contributed by atoms with Crippen LogP contribution in [0.15, 0.2) is 30.5 Å². The summed E-state index contributed by atoms with van der Waals surface area (Å²) < 4.78 is 1.60. The third-order valence-corrected chi connectivity index (χ3v) is 2.26. The molecule has 0 saturated heterocycles. The first-order valence-corrected chi connectivity index (χ1v) is 4.59. The van der Waals surface area contributed by atoms with E-state index in [4.69, 9.17) is 22.6 Å². The minimum Gasteiger partial charge on any atom is -0.382 e. The van der Waals surface area contributed by atoms with Crippen LogP contribution in [0.4, 0.5) is 5.82 Å². The number of anilines is 1. The van der Waals surface area contributed by atoms with Crippen LogP contribution in [0.1, 0.15) is 5.56 Å². The van der Waals surface area contributed by atoms with Gasteiger partial charge >= 0.3 is 0 Å². The Kier molecular flexibility index (Phi) is 2.32. The number of aromatic nitrogens is 2. The van der Waals surface area contributed by atoms with Crippen molar-refractivity contribution in [1.82, 2.24) is 9.78 Å². The number of hydrogen-bond donors (Lipinski definition) is 1. The average Bonchev–Trinajstić information content (AvgIpc) is 2.65. The lowest BCUT2D eigenvalue weighted by atomic mass is 10.2. The van der Waals surface area contributed by atoms with Gasteiger partial charge in [0.2, 0.25) is 0 Å². The van der Waals surface area contributed by atoms with Crippen LogP contribution in [-0.4, -0.2) is 9.78 Å². The fourth-order valence-electron chi connectivity index (χ4n) is 1.22. The van der Waals surface area contributed by atoms with Crippen LogP contribution in [0.2, 0.25) is 5.02 Å². The maximum Gasteiger partial charge on any atom is 0.145 e. The highest BCUT2D eigenvalue weighted by Gasteiger charge is 2.03. The largest absolute Gasteiger partial charge is 0.382 e. The normalized spacial score (nSPS) is 9.87. The monoisotopic (exact) mass is 218 g/mol. The van der Waals surface area contributed by atoms with E-state index in [9.17, 15) is 0 Å². The first-order chi connectivity index (χ1) is 7.20. The zero-order valence-corrected chi connectivity index (χ0v) is 8.44. The average molecular weight is 219 g/mol. The van der Waals surface area contributed by atoms with E-state index in [2.05, 4.69) is 5.10 Å². The molecule has 74 valence electrons. The van der Waals surface area contributed by atoms with E-state index < -0.39 is 0 Å². The molecule has 5 heteroatoms. The van der Waals surface area contributed by atoms with Gasteiger partial charge in [0.25, 0.3) is 0 Å². The third kappa shape index (κ3) is 1.78. The Labute approximate surface area is 91.5 Å². The molecular weight excluding hydrogens is 212 g/mol. The minimum absolute atomic E-state index is 0.407. The minimum atomic E-state index is 0.407. The SMILES string of the molecule is N#Cc1ccc(-n2ccc(N)n2)cc1Cl. The van der Waals surface area contributed by atoms with Gasteiger partial charge in [-0.1, -0.05) is 11.6 Å². The fourth-order valence-corrected chi connectivity index (χ4v) is 1.44. The Morgan fingerprint density at radius 1 is 1.40 bits per heavy atom. The molecule has 0 saturated carbocycles. The van der Waals surface area contributed by atoms with Crippen molar-refractivity contribution < 1.29 is 0 Å². The molecule has 1 aromatic carbocycles. The highest BCUT2D eigenvalue weighted by atomic mass is 35.5. The lowest BCUT2D eigenvalue weighted by molar-refractivity contribution is 0.886. The second kappa shape index (κ2) is 3.64. The van der Waals surface area contributed by atoms with Gasteiger partial charge < -0.3 is 5.73 Å². The topological polar surface area (TPSA) is 67.6 Å². The predicted octanol–water partition coefficient (Wildman–Crippen LogP) is 1.98. The smallest absolute Gasteiger partial charge is 0.145 e. The van der Waals surface area contributed by atoms with E-state index in [1.165, 1.54) is 0 Å².